The number of nitrogens with zero attached hydrogens (tertiary/aromatic N) is 1. The van der Waals surface area contributed by atoms with Gasteiger partial charge in [0.05, 0.1) is 39.9 Å². The summed E-state index contributed by atoms with van der Waals surface area (Å²) in [6.07, 6.45) is 0. The van der Waals surface area contributed by atoms with Gasteiger partial charge in [0, 0.05) is 22.1 Å². The normalized spacial score (nSPS) is 16.2. The standard InChI is InChI=1S/C58H39NO/c1-4-13-40(14-5-1)42-23-27-44(28-24-42)46-31-33-48(34-32-46)53-39-54-57-55(21-12-22-56(57)60-58(54)52-20-11-10-19-51(52)53)59(49-17-8-3-9-18-49)50-37-35-47(36-38-50)45-29-25-43(26-30-45)41-15-6-2-7-16-41/h1-39H/i1D,4D,5D,10D,11D,12D,13D,14D,19D,20D,21D,22D,23D,24D,27D,28D,31D,32D,33D,34D,39D. The Morgan fingerprint density at radius 1 is 0.350 bits per heavy atom. The summed E-state index contributed by atoms with van der Waals surface area (Å²) in [5.41, 5.74) is -0.289. The van der Waals surface area contributed by atoms with Crippen LogP contribution in [-0.4, -0.2) is 0 Å². The van der Waals surface area contributed by atoms with E-state index in [4.69, 9.17) is 20.9 Å². The Kier molecular flexibility index (Phi) is 4.95. The van der Waals surface area contributed by atoms with Crippen LogP contribution in [0.15, 0.2) is 241 Å². The molecule has 11 aromatic rings. The molecular formula is C58H39NO. The fourth-order valence-corrected chi connectivity index (χ4v) is 7.24. The number of rotatable bonds is 8. The first kappa shape index (κ1) is 19.7. The smallest absolute Gasteiger partial charge is 0.143 e. The van der Waals surface area contributed by atoms with Gasteiger partial charge in [-0.2, -0.15) is 0 Å². The molecule has 2 heteroatoms. The van der Waals surface area contributed by atoms with Crippen molar-refractivity contribution in [1.29, 1.82) is 0 Å². The quantitative estimate of drug-likeness (QED) is 0.153. The molecule has 0 N–H and O–H groups in total. The van der Waals surface area contributed by atoms with Gasteiger partial charge in [0.2, 0.25) is 0 Å². The molecule has 0 radical (unpaired) electrons. The zero-order valence-corrected chi connectivity index (χ0v) is 31.2. The lowest BCUT2D eigenvalue weighted by molar-refractivity contribution is 0.672. The van der Waals surface area contributed by atoms with E-state index >= 15 is 0 Å². The van der Waals surface area contributed by atoms with Crippen LogP contribution in [0.5, 0.6) is 0 Å². The summed E-state index contributed by atoms with van der Waals surface area (Å²) in [5.74, 6) is 0. The van der Waals surface area contributed by atoms with Gasteiger partial charge in [-0.3, -0.25) is 0 Å². The van der Waals surface area contributed by atoms with Gasteiger partial charge in [-0.15, -0.1) is 0 Å². The minimum absolute atomic E-state index is 0.0964. The van der Waals surface area contributed by atoms with Crippen molar-refractivity contribution in [2.45, 2.75) is 0 Å². The molecule has 0 aliphatic carbocycles. The molecule has 2 nitrogen and oxygen atoms in total. The number of hydrogen-bond donors (Lipinski definition) is 0. The summed E-state index contributed by atoms with van der Waals surface area (Å²) >= 11 is 0. The van der Waals surface area contributed by atoms with E-state index in [9.17, 15) is 12.3 Å². The fraction of sp³-hybridized carbons (Fsp3) is 0. The Hall–Kier alpha value is -7.94. The van der Waals surface area contributed by atoms with E-state index in [1.54, 1.807) is 47.4 Å². The third-order valence-electron chi connectivity index (χ3n) is 10.1. The molecule has 0 fully saturated rings. The van der Waals surface area contributed by atoms with Gasteiger partial charge < -0.3 is 9.32 Å². The second-order valence-electron chi connectivity index (χ2n) is 13.6. The number of hydrogen-bond acceptors (Lipinski definition) is 2. The highest BCUT2D eigenvalue weighted by atomic mass is 16.3. The van der Waals surface area contributed by atoms with Crippen molar-refractivity contribution in [2.75, 3.05) is 4.90 Å². The van der Waals surface area contributed by atoms with Gasteiger partial charge in [-0.1, -0.05) is 194 Å². The summed E-state index contributed by atoms with van der Waals surface area (Å²) in [6, 6.07) is 16.7. The largest absolute Gasteiger partial charge is 0.455 e. The lowest BCUT2D eigenvalue weighted by Gasteiger charge is -2.26. The number of furan rings is 1. The van der Waals surface area contributed by atoms with Gasteiger partial charge in [-0.05, 0) is 103 Å². The van der Waals surface area contributed by atoms with Crippen LogP contribution in [-0.2, 0) is 0 Å². The lowest BCUT2D eigenvalue weighted by Crippen LogP contribution is -2.10. The average molecular weight is 787 g/mol. The molecule has 0 unspecified atom stereocenters. The van der Waals surface area contributed by atoms with Gasteiger partial charge in [0.25, 0.3) is 0 Å². The van der Waals surface area contributed by atoms with E-state index in [1.807, 2.05) is 66.7 Å². The molecule has 282 valence electrons. The second kappa shape index (κ2) is 15.1. The minimum atomic E-state index is -0.972. The summed E-state index contributed by atoms with van der Waals surface area (Å²) in [6.45, 7) is 0. The first-order valence-corrected chi connectivity index (χ1v) is 18.8. The van der Waals surface area contributed by atoms with Crippen LogP contribution in [0, 0.1) is 0 Å². The molecule has 0 bridgehead atoms. The molecule has 0 aliphatic rings. The zero-order valence-electron chi connectivity index (χ0n) is 52.2. The number of fused-ring (bicyclic) bond motifs is 5. The van der Waals surface area contributed by atoms with E-state index in [1.165, 1.54) is 0 Å². The van der Waals surface area contributed by atoms with Crippen molar-refractivity contribution in [3.63, 3.8) is 0 Å². The molecule has 11 rings (SSSR count). The van der Waals surface area contributed by atoms with Gasteiger partial charge in [0.1, 0.15) is 11.2 Å². The van der Waals surface area contributed by atoms with Crippen LogP contribution in [0.1, 0.15) is 28.8 Å². The Morgan fingerprint density at radius 3 is 1.45 bits per heavy atom. The maximum atomic E-state index is 10.2. The van der Waals surface area contributed by atoms with Crippen LogP contribution in [0.2, 0.25) is 0 Å². The monoisotopic (exact) mass is 786 g/mol. The predicted octanol–water partition coefficient (Wildman–Crippen LogP) is 16.5. The first-order valence-electron chi connectivity index (χ1n) is 29.3. The third kappa shape index (κ3) is 6.41. The zero-order chi connectivity index (χ0) is 58.1. The summed E-state index contributed by atoms with van der Waals surface area (Å²) < 4.78 is 196. The highest BCUT2D eigenvalue weighted by Gasteiger charge is 2.22. The van der Waals surface area contributed by atoms with Crippen LogP contribution in [0.25, 0.3) is 88.3 Å². The van der Waals surface area contributed by atoms with Crippen molar-refractivity contribution in [2.24, 2.45) is 0 Å². The molecule has 0 aliphatic heterocycles. The SMILES string of the molecule is [2H]c1c([2H])c([2H])c(-c2c([2H])c([2H])c(-c3c([2H])c([2H])c(-c4c([2H])c5c(oc6c([2H])c([2H])c([2H])c(N(c7ccccc7)c7ccc(-c8ccc(-c9ccccc9)cc8)cc7)c65)c5c([2H])c([2H])c([2H])c([2H])c45)c([2H])c3[2H])c([2H])c2[2H])c([2H])c1[2H]. The number of anilines is 3. The Morgan fingerprint density at radius 2 is 0.833 bits per heavy atom. The second-order valence-corrected chi connectivity index (χ2v) is 13.6. The van der Waals surface area contributed by atoms with E-state index in [0.717, 1.165) is 22.3 Å². The van der Waals surface area contributed by atoms with Gasteiger partial charge in [0.15, 0.2) is 0 Å². The maximum Gasteiger partial charge on any atom is 0.143 e. The molecule has 0 saturated carbocycles. The highest BCUT2D eigenvalue weighted by Crippen LogP contribution is 2.46. The highest BCUT2D eigenvalue weighted by molar-refractivity contribution is 6.22. The summed E-state index contributed by atoms with van der Waals surface area (Å²) in [7, 11) is 0. The number of para-hydroxylation sites is 1. The molecule has 0 atom stereocenters. The summed E-state index contributed by atoms with van der Waals surface area (Å²) in [5, 5.41) is -1.32. The van der Waals surface area contributed by atoms with Crippen LogP contribution < -0.4 is 4.90 Å². The Balaban J connectivity index is 1.19. The van der Waals surface area contributed by atoms with Crippen LogP contribution in [0.4, 0.5) is 17.1 Å². The lowest BCUT2D eigenvalue weighted by atomic mass is 9.93. The molecule has 60 heavy (non-hydrogen) atoms. The van der Waals surface area contributed by atoms with Gasteiger partial charge >= 0.3 is 0 Å². The maximum absolute atomic E-state index is 10.2. The van der Waals surface area contributed by atoms with Crippen molar-refractivity contribution < 1.29 is 33.2 Å². The minimum Gasteiger partial charge on any atom is -0.455 e. The molecule has 0 amide bonds. The van der Waals surface area contributed by atoms with Crippen LogP contribution >= 0.6 is 0 Å². The van der Waals surface area contributed by atoms with Crippen LogP contribution in [0.3, 0.4) is 0 Å². The molecule has 1 aromatic heterocycles. The fourth-order valence-electron chi connectivity index (χ4n) is 7.24. The van der Waals surface area contributed by atoms with E-state index in [0.29, 0.717) is 11.4 Å². The van der Waals surface area contributed by atoms with Crippen molar-refractivity contribution >= 4 is 49.8 Å². The number of benzene rings is 10. The molecule has 0 saturated heterocycles. The van der Waals surface area contributed by atoms with Crippen molar-refractivity contribution in [1.82, 2.24) is 0 Å². The molecular weight excluding hydrogens is 727 g/mol. The molecule has 1 heterocycles. The van der Waals surface area contributed by atoms with E-state index < -0.39 is 171 Å². The molecule has 10 aromatic carbocycles. The predicted molar refractivity (Wildman–Crippen MR) is 253 cm³/mol. The van der Waals surface area contributed by atoms with E-state index in [-0.39, 0.29) is 27.6 Å². The Labute approximate surface area is 379 Å². The Bertz CT molecular complexity index is 4420. The van der Waals surface area contributed by atoms with E-state index in [2.05, 4.69) is 0 Å². The topological polar surface area (TPSA) is 16.4 Å². The van der Waals surface area contributed by atoms with Crippen molar-refractivity contribution in [3.8, 4) is 55.6 Å². The van der Waals surface area contributed by atoms with Gasteiger partial charge in [-0.25, -0.2) is 0 Å². The first-order chi connectivity index (χ1) is 38.5. The summed E-state index contributed by atoms with van der Waals surface area (Å²) in [4.78, 5) is 1.62. The average Bonchev–Trinajstić information content (AvgIpc) is 3.02. The molecule has 0 spiro atoms. The van der Waals surface area contributed by atoms with Crippen molar-refractivity contribution in [3.05, 3.63) is 236 Å². The third-order valence-corrected chi connectivity index (χ3v) is 10.1.